The third-order valence-corrected chi connectivity index (χ3v) is 6.56. The molecule has 0 aliphatic heterocycles. The van der Waals surface area contributed by atoms with Crippen LogP contribution in [0.4, 0.5) is 0 Å². The van der Waals surface area contributed by atoms with Crippen molar-refractivity contribution in [1.29, 1.82) is 0 Å². The van der Waals surface area contributed by atoms with E-state index in [9.17, 15) is 4.79 Å². The molecular formula is C22H33N3O2S. The van der Waals surface area contributed by atoms with Crippen LogP contribution >= 0.6 is 11.3 Å². The van der Waals surface area contributed by atoms with Gasteiger partial charge in [-0.15, -0.1) is 11.3 Å². The number of thiophene rings is 1. The second kappa shape index (κ2) is 9.33. The fourth-order valence-corrected chi connectivity index (χ4v) is 5.30. The van der Waals surface area contributed by atoms with Gasteiger partial charge in [0.15, 0.2) is 0 Å². The summed E-state index contributed by atoms with van der Waals surface area (Å²) in [7, 11) is 0. The third-order valence-electron chi connectivity index (χ3n) is 5.40. The van der Waals surface area contributed by atoms with Crippen molar-refractivity contribution < 1.29 is 4.74 Å². The summed E-state index contributed by atoms with van der Waals surface area (Å²) in [6.45, 7) is 15.7. The van der Waals surface area contributed by atoms with E-state index in [-0.39, 0.29) is 11.7 Å². The zero-order valence-electron chi connectivity index (χ0n) is 17.7. The molecule has 0 saturated heterocycles. The predicted octanol–water partition coefficient (Wildman–Crippen LogP) is 4.03. The fraction of sp³-hybridized carbons (Fsp3) is 0.636. The molecule has 0 radical (unpaired) electrons. The minimum atomic E-state index is 0.111. The Morgan fingerprint density at radius 1 is 1.50 bits per heavy atom. The van der Waals surface area contributed by atoms with Gasteiger partial charge in [0, 0.05) is 30.6 Å². The van der Waals surface area contributed by atoms with Gasteiger partial charge in [-0.05, 0) is 58.6 Å². The summed E-state index contributed by atoms with van der Waals surface area (Å²) < 4.78 is 7.35. The number of aryl methyl sites for hydroxylation is 2. The Balaban J connectivity index is 1.79. The van der Waals surface area contributed by atoms with Gasteiger partial charge in [-0.25, -0.2) is 4.98 Å². The van der Waals surface area contributed by atoms with E-state index in [0.717, 1.165) is 49.0 Å². The number of hydrogen-bond donors (Lipinski definition) is 0. The molecule has 1 atom stereocenters. The number of nitrogens with zero attached hydrogens (tertiary/aromatic N) is 3. The molecule has 5 nitrogen and oxygen atoms in total. The van der Waals surface area contributed by atoms with E-state index in [4.69, 9.17) is 4.74 Å². The lowest BCUT2D eigenvalue weighted by Crippen LogP contribution is -2.39. The lowest BCUT2D eigenvalue weighted by atomic mass is 9.92. The number of likely N-dealkylation sites (N-methyl/N-ethyl adjacent to an activating group) is 1. The smallest absolute Gasteiger partial charge is 0.262 e. The normalized spacial score (nSPS) is 16.9. The molecule has 0 unspecified atom stereocenters. The van der Waals surface area contributed by atoms with Crippen LogP contribution in [0.5, 0.6) is 0 Å². The molecule has 1 aliphatic carbocycles. The van der Waals surface area contributed by atoms with E-state index < -0.39 is 0 Å². The van der Waals surface area contributed by atoms with Gasteiger partial charge in [-0.3, -0.25) is 14.3 Å². The van der Waals surface area contributed by atoms with Crippen molar-refractivity contribution in [3.63, 3.8) is 0 Å². The average molecular weight is 404 g/mol. The molecule has 2 aromatic rings. The number of fused-ring (bicyclic) bond motifs is 3. The molecule has 6 heteroatoms. The summed E-state index contributed by atoms with van der Waals surface area (Å²) in [5.41, 5.74) is 2.56. The number of aromatic nitrogens is 2. The first kappa shape index (κ1) is 21.2. The quantitative estimate of drug-likeness (QED) is 0.468. The van der Waals surface area contributed by atoms with Gasteiger partial charge < -0.3 is 4.74 Å². The summed E-state index contributed by atoms with van der Waals surface area (Å²) in [4.78, 5) is 22.4. The highest BCUT2D eigenvalue weighted by atomic mass is 32.1. The molecule has 0 spiro atoms. The van der Waals surface area contributed by atoms with Gasteiger partial charge in [0.05, 0.1) is 17.8 Å². The van der Waals surface area contributed by atoms with Crippen LogP contribution in [0.2, 0.25) is 0 Å². The highest BCUT2D eigenvalue weighted by Crippen LogP contribution is 2.35. The Bertz CT molecular complexity index is 884. The van der Waals surface area contributed by atoms with Gasteiger partial charge in [0.25, 0.3) is 5.56 Å². The first-order valence-electron chi connectivity index (χ1n) is 10.4. The molecule has 0 aromatic carbocycles. The predicted molar refractivity (Wildman–Crippen MR) is 117 cm³/mol. The van der Waals surface area contributed by atoms with Crippen molar-refractivity contribution in [3.8, 4) is 0 Å². The lowest BCUT2D eigenvalue weighted by Gasteiger charge is -2.33. The molecule has 154 valence electrons. The maximum atomic E-state index is 13.1. The largest absolute Gasteiger partial charge is 0.379 e. The first-order valence-corrected chi connectivity index (χ1v) is 11.2. The second-order valence-electron chi connectivity index (χ2n) is 8.12. The second-order valence-corrected chi connectivity index (χ2v) is 9.20. The van der Waals surface area contributed by atoms with Crippen LogP contribution in [0.15, 0.2) is 23.3 Å². The van der Waals surface area contributed by atoms with Gasteiger partial charge in [0.1, 0.15) is 4.83 Å². The Kier molecular flexibility index (Phi) is 7.07. The van der Waals surface area contributed by atoms with E-state index >= 15 is 0 Å². The molecule has 0 saturated carbocycles. The molecule has 0 fully saturated rings. The maximum Gasteiger partial charge on any atom is 0.262 e. The van der Waals surface area contributed by atoms with Crippen molar-refractivity contribution in [2.45, 2.75) is 72.1 Å². The monoisotopic (exact) mass is 403 g/mol. The van der Waals surface area contributed by atoms with E-state index in [1.165, 1.54) is 16.0 Å². The minimum Gasteiger partial charge on any atom is -0.379 e. The Morgan fingerprint density at radius 2 is 2.29 bits per heavy atom. The van der Waals surface area contributed by atoms with Crippen LogP contribution < -0.4 is 5.56 Å². The van der Waals surface area contributed by atoms with Crippen molar-refractivity contribution >= 4 is 21.6 Å². The van der Waals surface area contributed by atoms with E-state index in [1.807, 2.05) is 13.8 Å². The Hall–Kier alpha value is -1.50. The van der Waals surface area contributed by atoms with Crippen molar-refractivity contribution in [2.24, 2.45) is 0 Å². The van der Waals surface area contributed by atoms with Gasteiger partial charge in [-0.2, -0.15) is 0 Å². The third kappa shape index (κ3) is 4.73. The summed E-state index contributed by atoms with van der Waals surface area (Å²) in [5.74, 6) is 0. The fourth-order valence-electron chi connectivity index (χ4n) is 4.05. The summed E-state index contributed by atoms with van der Waals surface area (Å²) in [6.07, 6.45) is 5.83. The highest BCUT2D eigenvalue weighted by molar-refractivity contribution is 7.18. The molecule has 2 aromatic heterocycles. The molecule has 3 rings (SSSR count). The van der Waals surface area contributed by atoms with Gasteiger partial charge in [0.2, 0.25) is 0 Å². The summed E-state index contributed by atoms with van der Waals surface area (Å²) in [6, 6.07) is 0.526. The Morgan fingerprint density at radius 3 is 2.96 bits per heavy atom. The van der Waals surface area contributed by atoms with Crippen LogP contribution in [0.3, 0.4) is 0 Å². The molecule has 0 N–H and O–H groups in total. The number of rotatable bonds is 9. The van der Waals surface area contributed by atoms with E-state index in [1.54, 1.807) is 22.2 Å². The molecule has 0 bridgehead atoms. The van der Waals surface area contributed by atoms with Crippen molar-refractivity contribution in [2.75, 3.05) is 19.7 Å². The van der Waals surface area contributed by atoms with Gasteiger partial charge >= 0.3 is 0 Å². The zero-order valence-corrected chi connectivity index (χ0v) is 18.5. The highest BCUT2D eigenvalue weighted by Gasteiger charge is 2.28. The zero-order chi connectivity index (χ0) is 20.3. The maximum absolute atomic E-state index is 13.1. The summed E-state index contributed by atoms with van der Waals surface area (Å²) >= 11 is 1.71. The average Bonchev–Trinajstić information content (AvgIpc) is 3.02. The van der Waals surface area contributed by atoms with Crippen LogP contribution in [0.1, 0.15) is 51.0 Å². The van der Waals surface area contributed by atoms with Crippen LogP contribution in [0, 0.1) is 0 Å². The standard InChI is InChI=1S/C22H33N3O2S/c1-6-24(13-15(2)3)17-8-9-18-19(12-17)28-21-20(18)22(26)25(14-23-21)10-7-11-27-16(4)5/h14,16-17H,2,6-13H2,1,3-5H3/t17-/m1/s1. The molecule has 28 heavy (non-hydrogen) atoms. The molecule has 1 aliphatic rings. The van der Waals surface area contributed by atoms with E-state index in [0.29, 0.717) is 19.2 Å². The van der Waals surface area contributed by atoms with Crippen molar-refractivity contribution in [1.82, 2.24) is 14.5 Å². The topological polar surface area (TPSA) is 47.4 Å². The number of ether oxygens (including phenoxy) is 1. The Labute approximate surface area is 172 Å². The number of hydrogen-bond acceptors (Lipinski definition) is 5. The van der Waals surface area contributed by atoms with Crippen LogP contribution in [0.25, 0.3) is 10.2 Å². The lowest BCUT2D eigenvalue weighted by molar-refractivity contribution is 0.0747. The first-order chi connectivity index (χ1) is 13.4. The van der Waals surface area contributed by atoms with Gasteiger partial charge in [-0.1, -0.05) is 19.1 Å². The molecule has 0 amide bonds. The molecular weight excluding hydrogens is 370 g/mol. The van der Waals surface area contributed by atoms with E-state index in [2.05, 4.69) is 30.3 Å². The summed E-state index contributed by atoms with van der Waals surface area (Å²) in [5, 5.41) is 0.855. The van der Waals surface area contributed by atoms with Crippen molar-refractivity contribution in [3.05, 3.63) is 39.3 Å². The molecule has 2 heterocycles. The SMILES string of the molecule is C=C(C)CN(CC)[C@@H]1CCc2c(sc3ncn(CCCOC(C)C)c(=O)c23)C1. The minimum absolute atomic E-state index is 0.111. The van der Waals surface area contributed by atoms with Crippen LogP contribution in [-0.2, 0) is 24.1 Å². The van der Waals surface area contributed by atoms with Crippen LogP contribution in [-0.4, -0.2) is 46.3 Å².